The Kier molecular flexibility index (Phi) is 2.04. The van der Waals surface area contributed by atoms with Crippen molar-refractivity contribution in [2.24, 2.45) is 0 Å². The summed E-state index contributed by atoms with van der Waals surface area (Å²) >= 11 is 0. The quantitative estimate of drug-likeness (QED) is 0.694. The number of rotatable bonds is 1. The van der Waals surface area contributed by atoms with Gasteiger partial charge >= 0.3 is 0 Å². The van der Waals surface area contributed by atoms with E-state index < -0.39 is 0 Å². The van der Waals surface area contributed by atoms with Crippen LogP contribution in [0.1, 0.15) is 0 Å². The Balaban J connectivity index is 2.29. The molecule has 1 aromatic carbocycles. The lowest BCUT2D eigenvalue weighted by atomic mass is 10.3. The fraction of sp³-hybridized carbons (Fsp3) is 0. The summed E-state index contributed by atoms with van der Waals surface area (Å²) in [6, 6.07) is 8.19. The van der Waals surface area contributed by atoms with Crippen LogP contribution >= 0.6 is 0 Å². The SMILES string of the molecule is Nc1cnc2c(cnn2-c2ccccc2F)c1. The number of halogens is 1. The molecule has 3 aromatic rings. The molecule has 0 atom stereocenters. The Hall–Kier alpha value is -2.43. The average molecular weight is 228 g/mol. The number of aromatic nitrogens is 3. The minimum absolute atomic E-state index is 0.337. The van der Waals surface area contributed by atoms with E-state index in [0.29, 0.717) is 17.0 Å². The second-order valence-electron chi connectivity index (χ2n) is 3.69. The maximum atomic E-state index is 13.6. The lowest BCUT2D eigenvalue weighted by Crippen LogP contribution is -2.00. The van der Waals surface area contributed by atoms with Crippen molar-refractivity contribution in [3.8, 4) is 5.69 Å². The molecule has 3 rings (SSSR count). The molecule has 5 heteroatoms. The Morgan fingerprint density at radius 3 is 2.82 bits per heavy atom. The predicted octanol–water partition coefficient (Wildman–Crippen LogP) is 2.14. The third-order valence-electron chi connectivity index (χ3n) is 2.51. The molecule has 0 unspecified atom stereocenters. The van der Waals surface area contributed by atoms with E-state index in [2.05, 4.69) is 10.1 Å². The standard InChI is InChI=1S/C12H9FN4/c13-10-3-1-2-4-11(10)17-12-8(6-16-17)5-9(14)7-15-12/h1-7H,14H2. The van der Waals surface area contributed by atoms with Crippen LogP contribution < -0.4 is 5.73 Å². The van der Waals surface area contributed by atoms with Crippen molar-refractivity contribution in [1.29, 1.82) is 0 Å². The van der Waals surface area contributed by atoms with Crippen LogP contribution in [0.5, 0.6) is 0 Å². The smallest absolute Gasteiger partial charge is 0.163 e. The van der Waals surface area contributed by atoms with Gasteiger partial charge in [0.25, 0.3) is 0 Å². The van der Waals surface area contributed by atoms with Crippen LogP contribution in [0, 0.1) is 5.82 Å². The number of benzene rings is 1. The topological polar surface area (TPSA) is 56.7 Å². The summed E-state index contributed by atoms with van der Waals surface area (Å²) in [5.41, 5.74) is 7.15. The van der Waals surface area contributed by atoms with E-state index in [1.807, 2.05) is 0 Å². The van der Waals surface area contributed by atoms with Gasteiger partial charge in [0.15, 0.2) is 5.65 Å². The van der Waals surface area contributed by atoms with Crippen molar-refractivity contribution in [2.45, 2.75) is 0 Å². The van der Waals surface area contributed by atoms with Crippen molar-refractivity contribution in [1.82, 2.24) is 14.8 Å². The average Bonchev–Trinajstić information content (AvgIpc) is 2.72. The lowest BCUT2D eigenvalue weighted by molar-refractivity contribution is 0.612. The second-order valence-corrected chi connectivity index (χ2v) is 3.69. The third kappa shape index (κ3) is 1.52. The molecule has 0 fully saturated rings. The fourth-order valence-electron chi connectivity index (χ4n) is 1.74. The van der Waals surface area contributed by atoms with Crippen LogP contribution in [-0.2, 0) is 0 Å². The van der Waals surface area contributed by atoms with Gasteiger partial charge in [0.05, 0.1) is 18.1 Å². The number of hydrogen-bond acceptors (Lipinski definition) is 3. The molecular weight excluding hydrogens is 219 g/mol. The lowest BCUT2D eigenvalue weighted by Gasteiger charge is -2.03. The van der Waals surface area contributed by atoms with Gasteiger partial charge in [-0.1, -0.05) is 12.1 Å². The summed E-state index contributed by atoms with van der Waals surface area (Å²) < 4.78 is 15.1. The van der Waals surface area contributed by atoms with Gasteiger partial charge in [-0.3, -0.25) is 0 Å². The maximum absolute atomic E-state index is 13.6. The molecule has 4 nitrogen and oxygen atoms in total. The minimum atomic E-state index is -0.337. The first-order valence-electron chi connectivity index (χ1n) is 5.10. The van der Waals surface area contributed by atoms with Gasteiger partial charge in [0.1, 0.15) is 11.5 Å². The van der Waals surface area contributed by atoms with Gasteiger partial charge < -0.3 is 5.73 Å². The summed E-state index contributed by atoms with van der Waals surface area (Å²) in [6.45, 7) is 0. The second kappa shape index (κ2) is 3.55. The largest absolute Gasteiger partial charge is 0.397 e. The number of anilines is 1. The molecule has 2 N–H and O–H groups in total. The zero-order chi connectivity index (χ0) is 11.8. The first-order chi connectivity index (χ1) is 8.25. The highest BCUT2D eigenvalue weighted by molar-refractivity contribution is 5.79. The minimum Gasteiger partial charge on any atom is -0.397 e. The molecule has 84 valence electrons. The van der Waals surface area contributed by atoms with E-state index in [4.69, 9.17) is 5.73 Å². The molecule has 0 radical (unpaired) electrons. The van der Waals surface area contributed by atoms with E-state index >= 15 is 0 Å². The van der Waals surface area contributed by atoms with E-state index in [0.717, 1.165) is 5.39 Å². The zero-order valence-electron chi connectivity index (χ0n) is 8.84. The molecule has 0 bridgehead atoms. The van der Waals surface area contributed by atoms with Gasteiger partial charge in [-0.25, -0.2) is 14.1 Å². The predicted molar refractivity (Wildman–Crippen MR) is 63.2 cm³/mol. The number of para-hydroxylation sites is 1. The molecule has 0 saturated carbocycles. The van der Waals surface area contributed by atoms with Crippen molar-refractivity contribution in [2.75, 3.05) is 5.73 Å². The van der Waals surface area contributed by atoms with Crippen molar-refractivity contribution < 1.29 is 4.39 Å². The highest BCUT2D eigenvalue weighted by Gasteiger charge is 2.09. The highest BCUT2D eigenvalue weighted by Crippen LogP contribution is 2.19. The van der Waals surface area contributed by atoms with Crippen molar-refractivity contribution >= 4 is 16.7 Å². The maximum Gasteiger partial charge on any atom is 0.163 e. The van der Waals surface area contributed by atoms with Gasteiger partial charge in [0.2, 0.25) is 0 Å². The fourth-order valence-corrected chi connectivity index (χ4v) is 1.74. The van der Waals surface area contributed by atoms with Gasteiger partial charge in [-0.2, -0.15) is 5.10 Å². The first kappa shape index (κ1) is 9.77. The number of fused-ring (bicyclic) bond motifs is 1. The molecule has 0 aliphatic carbocycles. The van der Waals surface area contributed by atoms with Crippen LogP contribution in [-0.4, -0.2) is 14.8 Å². The molecule has 0 saturated heterocycles. The Morgan fingerprint density at radius 2 is 2.00 bits per heavy atom. The number of pyridine rings is 1. The third-order valence-corrected chi connectivity index (χ3v) is 2.51. The molecule has 0 spiro atoms. The summed E-state index contributed by atoms with van der Waals surface area (Å²) in [4.78, 5) is 4.17. The van der Waals surface area contributed by atoms with Crippen LogP contribution in [0.2, 0.25) is 0 Å². The molecule has 17 heavy (non-hydrogen) atoms. The van der Waals surface area contributed by atoms with Crippen molar-refractivity contribution in [3.05, 3.63) is 48.5 Å². The van der Waals surface area contributed by atoms with Crippen LogP contribution in [0.3, 0.4) is 0 Å². The monoisotopic (exact) mass is 228 g/mol. The molecule has 2 aromatic heterocycles. The molecule has 0 aliphatic heterocycles. The molecule has 0 aliphatic rings. The highest BCUT2D eigenvalue weighted by atomic mass is 19.1. The Morgan fingerprint density at radius 1 is 1.18 bits per heavy atom. The van der Waals surface area contributed by atoms with E-state index in [-0.39, 0.29) is 5.82 Å². The van der Waals surface area contributed by atoms with Crippen LogP contribution in [0.15, 0.2) is 42.7 Å². The summed E-state index contributed by atoms with van der Waals surface area (Å²) in [5, 5.41) is 4.91. The number of nitrogens with zero attached hydrogens (tertiary/aromatic N) is 3. The number of nitrogen functional groups attached to an aromatic ring is 1. The molecular formula is C12H9FN4. The summed E-state index contributed by atoms with van der Waals surface area (Å²) in [7, 11) is 0. The molecule has 0 amide bonds. The Labute approximate surface area is 96.5 Å². The van der Waals surface area contributed by atoms with Gasteiger partial charge in [-0.05, 0) is 18.2 Å². The van der Waals surface area contributed by atoms with Crippen LogP contribution in [0.25, 0.3) is 16.7 Å². The van der Waals surface area contributed by atoms with Crippen LogP contribution in [0.4, 0.5) is 10.1 Å². The zero-order valence-corrected chi connectivity index (χ0v) is 8.84. The van der Waals surface area contributed by atoms with E-state index in [1.165, 1.54) is 16.9 Å². The van der Waals surface area contributed by atoms with E-state index in [9.17, 15) is 4.39 Å². The number of nitrogens with two attached hydrogens (primary N) is 1. The Bertz CT molecular complexity index is 690. The normalized spacial score (nSPS) is 10.9. The first-order valence-corrected chi connectivity index (χ1v) is 5.10. The van der Waals surface area contributed by atoms with Gasteiger partial charge in [-0.15, -0.1) is 0 Å². The molecule has 2 heterocycles. The number of hydrogen-bond donors (Lipinski definition) is 1. The van der Waals surface area contributed by atoms with E-state index in [1.54, 1.807) is 30.5 Å². The van der Waals surface area contributed by atoms with Crippen molar-refractivity contribution in [3.63, 3.8) is 0 Å². The van der Waals surface area contributed by atoms with Gasteiger partial charge in [0, 0.05) is 5.39 Å². The summed E-state index contributed by atoms with van der Waals surface area (Å²) in [6.07, 6.45) is 3.15. The summed E-state index contributed by atoms with van der Waals surface area (Å²) in [5.74, 6) is -0.337.